The van der Waals surface area contributed by atoms with E-state index >= 15 is 0 Å². The standard InChI is InChI=1S/C45H72O19/c1-19-7-12-45(57-18-19)20(2)29-25(64-45)14-44(56)24-6-5-21-13-22(8-10-42(21,3)23(24)9-11-43(29,44)4)58-39-36(55)34(53)37(28(17-48)61-39)62-41-38(33(52)31(50)27(16-47)60-41)63-40-35(54)32(51)30(49)26(15-46)59-40/h5,19-20,22-41,46-56H,6-18H2,1-4H3/t19-,20+,22+,23+,24-,25+,26-,27-,28-,29+,30-,31-,32+,33+,34-,35-,36-,37+,38-,39-,40+,41+,42+,43-,44-,45-/m1/s1. The molecular formula is C45H72O19. The van der Waals surface area contributed by atoms with Crippen LogP contribution in [0, 0.1) is 40.4 Å². The van der Waals surface area contributed by atoms with Crippen LogP contribution in [-0.4, -0.2) is 198 Å². The molecule has 0 aromatic carbocycles. The molecule has 0 bridgehead atoms. The maximum Gasteiger partial charge on any atom is 0.187 e. The fourth-order valence-electron chi connectivity index (χ4n) is 14.0. The zero-order chi connectivity index (χ0) is 45.8. The van der Waals surface area contributed by atoms with Crippen molar-refractivity contribution in [3.8, 4) is 0 Å². The Morgan fingerprint density at radius 3 is 1.94 bits per heavy atom. The number of aliphatic hydroxyl groups excluding tert-OH is 10. The van der Waals surface area contributed by atoms with Crippen LogP contribution in [0.15, 0.2) is 11.6 Å². The van der Waals surface area contributed by atoms with Gasteiger partial charge >= 0.3 is 0 Å². The minimum absolute atomic E-state index is 0.0529. The Kier molecular flexibility index (Phi) is 13.3. The minimum atomic E-state index is -1.90. The number of hydrogen-bond donors (Lipinski definition) is 11. The maximum absolute atomic E-state index is 12.9. The zero-order valence-electron chi connectivity index (χ0n) is 37.2. The van der Waals surface area contributed by atoms with Gasteiger partial charge in [-0.3, -0.25) is 0 Å². The molecule has 9 aliphatic rings. The third-order valence-corrected chi connectivity index (χ3v) is 17.9. The summed E-state index contributed by atoms with van der Waals surface area (Å²) in [4.78, 5) is 0. The van der Waals surface area contributed by atoms with Crippen LogP contribution in [-0.2, 0) is 37.9 Å². The Balaban J connectivity index is 0.859. The van der Waals surface area contributed by atoms with Crippen LogP contribution in [0.2, 0.25) is 0 Å². The van der Waals surface area contributed by atoms with E-state index < -0.39 is 129 Å². The average molecular weight is 917 g/mol. The largest absolute Gasteiger partial charge is 0.394 e. The van der Waals surface area contributed by atoms with Crippen molar-refractivity contribution in [1.29, 1.82) is 0 Å². The summed E-state index contributed by atoms with van der Waals surface area (Å²) >= 11 is 0. The summed E-state index contributed by atoms with van der Waals surface area (Å²) in [5.41, 5.74) is -0.154. The van der Waals surface area contributed by atoms with E-state index in [1.807, 2.05) is 0 Å². The van der Waals surface area contributed by atoms with Gasteiger partial charge in [0.05, 0.1) is 44.2 Å². The van der Waals surface area contributed by atoms with Gasteiger partial charge in [0.25, 0.3) is 0 Å². The summed E-state index contributed by atoms with van der Waals surface area (Å²) in [6.07, 6.45) is -16.1. The van der Waals surface area contributed by atoms with E-state index in [4.69, 9.17) is 37.9 Å². The summed E-state index contributed by atoms with van der Waals surface area (Å²) < 4.78 is 48.7. The highest BCUT2D eigenvalue weighted by Crippen LogP contribution is 2.72. The second kappa shape index (κ2) is 17.7. The molecule has 3 saturated carbocycles. The van der Waals surface area contributed by atoms with Crippen molar-refractivity contribution < 1.29 is 94.1 Å². The van der Waals surface area contributed by atoms with Crippen LogP contribution in [0.5, 0.6) is 0 Å². The monoisotopic (exact) mass is 916 g/mol. The molecule has 366 valence electrons. The van der Waals surface area contributed by atoms with Gasteiger partial charge in [-0.25, -0.2) is 0 Å². The molecule has 5 heterocycles. The van der Waals surface area contributed by atoms with Crippen LogP contribution in [0.3, 0.4) is 0 Å². The van der Waals surface area contributed by atoms with Crippen molar-refractivity contribution in [1.82, 2.24) is 0 Å². The Hall–Kier alpha value is -1.02. The topological polar surface area (TPSA) is 296 Å². The van der Waals surface area contributed by atoms with Crippen molar-refractivity contribution in [2.75, 3.05) is 26.4 Å². The number of aliphatic hydroxyl groups is 11. The van der Waals surface area contributed by atoms with E-state index in [0.717, 1.165) is 38.5 Å². The summed E-state index contributed by atoms with van der Waals surface area (Å²) in [6, 6.07) is 0. The second-order valence-corrected chi connectivity index (χ2v) is 21.2. The minimum Gasteiger partial charge on any atom is -0.394 e. The van der Waals surface area contributed by atoms with Crippen LogP contribution >= 0.6 is 0 Å². The maximum atomic E-state index is 12.9. The Bertz CT molecular complexity index is 1680. The molecule has 0 unspecified atom stereocenters. The van der Waals surface area contributed by atoms with E-state index in [2.05, 4.69) is 33.8 Å². The van der Waals surface area contributed by atoms with Gasteiger partial charge in [-0.2, -0.15) is 0 Å². The van der Waals surface area contributed by atoms with Gasteiger partial charge in [-0.1, -0.05) is 39.3 Å². The summed E-state index contributed by atoms with van der Waals surface area (Å²) in [6.45, 7) is 7.49. The molecule has 9 rings (SSSR count). The van der Waals surface area contributed by atoms with Crippen molar-refractivity contribution in [2.45, 2.75) is 201 Å². The van der Waals surface area contributed by atoms with Crippen molar-refractivity contribution in [3.05, 3.63) is 11.6 Å². The quantitative estimate of drug-likeness (QED) is 0.115. The second-order valence-electron chi connectivity index (χ2n) is 21.2. The Morgan fingerprint density at radius 2 is 1.27 bits per heavy atom. The van der Waals surface area contributed by atoms with Crippen molar-refractivity contribution in [2.24, 2.45) is 40.4 Å². The lowest BCUT2D eigenvalue weighted by Crippen LogP contribution is -2.67. The summed E-state index contributed by atoms with van der Waals surface area (Å²) in [7, 11) is 0. The lowest BCUT2D eigenvalue weighted by Gasteiger charge is -2.62. The van der Waals surface area contributed by atoms with Gasteiger partial charge in [-0.05, 0) is 68.1 Å². The normalized spacial score (nSPS) is 57.4. The Labute approximate surface area is 373 Å². The SMILES string of the molecule is C[C@@H]1CC[C@@]2(OC1)O[C@H]1C[C@@]3(O)[C@@H]4CC=C5C[C@@H](O[C@@H]6O[C@H](CO)[C@H](O[C@@H]7O[C@H](CO)[C@@H](O)[C@H](O)[C@H]7O[C@@H]7O[C@H](CO)[C@@H](O)[C@H](O)[C@H]7O)[C@H](O)[C@H]6O)CC[C@]5(C)[C@H]4CC[C@]3(C)[C@H]1[C@@H]2C. The highest BCUT2D eigenvalue weighted by Gasteiger charge is 2.74. The summed E-state index contributed by atoms with van der Waals surface area (Å²) in [5, 5.41) is 119. The molecule has 0 aromatic rings. The van der Waals surface area contributed by atoms with E-state index in [-0.39, 0.29) is 40.6 Å². The molecule has 64 heavy (non-hydrogen) atoms. The first kappa shape index (κ1) is 48.0. The first-order valence-electron chi connectivity index (χ1n) is 23.6. The molecule has 0 radical (unpaired) electrons. The molecule has 8 fully saturated rings. The molecule has 0 aromatic heterocycles. The molecule has 5 saturated heterocycles. The van der Waals surface area contributed by atoms with Gasteiger partial charge in [0.15, 0.2) is 24.7 Å². The van der Waals surface area contributed by atoms with Crippen LogP contribution in [0.25, 0.3) is 0 Å². The van der Waals surface area contributed by atoms with Gasteiger partial charge in [-0.15, -0.1) is 0 Å². The molecular weight excluding hydrogens is 844 g/mol. The number of fused-ring (bicyclic) bond motifs is 7. The van der Waals surface area contributed by atoms with E-state index in [0.29, 0.717) is 31.8 Å². The van der Waals surface area contributed by atoms with Crippen molar-refractivity contribution >= 4 is 0 Å². The number of allylic oxidation sites excluding steroid dienone is 1. The molecule has 1 spiro atoms. The zero-order valence-corrected chi connectivity index (χ0v) is 37.2. The first-order valence-corrected chi connectivity index (χ1v) is 23.6. The highest BCUT2D eigenvalue weighted by molar-refractivity contribution is 5.29. The highest BCUT2D eigenvalue weighted by atomic mass is 16.8. The van der Waals surface area contributed by atoms with E-state index in [1.54, 1.807) is 0 Å². The third kappa shape index (κ3) is 7.50. The molecule has 4 aliphatic carbocycles. The van der Waals surface area contributed by atoms with Crippen molar-refractivity contribution in [3.63, 3.8) is 0 Å². The predicted octanol–water partition coefficient (Wildman–Crippen LogP) is -1.70. The lowest BCUT2D eigenvalue weighted by molar-refractivity contribution is -0.390. The van der Waals surface area contributed by atoms with E-state index in [9.17, 15) is 56.2 Å². The van der Waals surface area contributed by atoms with Gasteiger partial charge < -0.3 is 94.1 Å². The van der Waals surface area contributed by atoms with Crippen LogP contribution < -0.4 is 0 Å². The average Bonchev–Trinajstić information content (AvgIpc) is 3.68. The molecule has 19 nitrogen and oxygen atoms in total. The number of ether oxygens (including phenoxy) is 8. The number of hydrogen-bond acceptors (Lipinski definition) is 19. The number of rotatable bonds is 9. The molecule has 11 N–H and O–H groups in total. The van der Waals surface area contributed by atoms with Gasteiger partial charge in [0, 0.05) is 30.1 Å². The fraction of sp³-hybridized carbons (Fsp3) is 0.956. The molecule has 5 aliphatic heterocycles. The Morgan fingerprint density at radius 1 is 0.656 bits per heavy atom. The first-order chi connectivity index (χ1) is 30.3. The van der Waals surface area contributed by atoms with Gasteiger partial charge in [0.2, 0.25) is 0 Å². The van der Waals surface area contributed by atoms with E-state index in [1.165, 1.54) is 5.57 Å². The van der Waals surface area contributed by atoms with Crippen LogP contribution in [0.4, 0.5) is 0 Å². The molecule has 0 amide bonds. The molecule has 26 atom stereocenters. The third-order valence-electron chi connectivity index (χ3n) is 17.9. The van der Waals surface area contributed by atoms with Crippen LogP contribution in [0.1, 0.15) is 85.5 Å². The molecule has 19 heteroatoms. The fourth-order valence-corrected chi connectivity index (χ4v) is 14.0. The lowest BCUT2D eigenvalue weighted by atomic mass is 9.45. The summed E-state index contributed by atoms with van der Waals surface area (Å²) in [5.74, 6) is 0.644. The predicted molar refractivity (Wildman–Crippen MR) is 217 cm³/mol. The smallest absolute Gasteiger partial charge is 0.187 e. The van der Waals surface area contributed by atoms with Gasteiger partial charge in [0.1, 0.15) is 73.2 Å².